The average Bonchev–Trinajstić information content (AvgIpc) is 2.98. The van der Waals surface area contributed by atoms with Crippen molar-refractivity contribution in [1.82, 2.24) is 5.32 Å². The van der Waals surface area contributed by atoms with Crippen molar-refractivity contribution in [2.75, 3.05) is 31.7 Å². The van der Waals surface area contributed by atoms with Gasteiger partial charge in [-0.2, -0.15) is 0 Å². The molecule has 2 aliphatic rings. The highest BCUT2D eigenvalue weighted by Crippen LogP contribution is 2.33. The molecule has 2 heterocycles. The smallest absolute Gasteiger partial charge is 0.319 e. The molecule has 0 aromatic heterocycles. The second-order valence-corrected chi connectivity index (χ2v) is 6.61. The fourth-order valence-electron chi connectivity index (χ4n) is 3.22. The van der Waals surface area contributed by atoms with Crippen molar-refractivity contribution in [2.24, 2.45) is 0 Å². The van der Waals surface area contributed by atoms with Gasteiger partial charge in [-0.05, 0) is 38.0 Å². The van der Waals surface area contributed by atoms with Gasteiger partial charge in [0.25, 0.3) is 0 Å². The van der Waals surface area contributed by atoms with Crippen LogP contribution in [0.3, 0.4) is 0 Å². The van der Waals surface area contributed by atoms with Crippen molar-refractivity contribution in [1.29, 1.82) is 0 Å². The van der Waals surface area contributed by atoms with Gasteiger partial charge in [0, 0.05) is 31.4 Å². The second kappa shape index (κ2) is 7.59. The van der Waals surface area contributed by atoms with Gasteiger partial charge < -0.3 is 24.8 Å². The lowest BCUT2D eigenvalue weighted by Crippen LogP contribution is -2.49. The number of ether oxygens (including phenoxy) is 3. The zero-order chi connectivity index (χ0) is 17.0. The maximum absolute atomic E-state index is 12.2. The van der Waals surface area contributed by atoms with Gasteiger partial charge >= 0.3 is 6.03 Å². The van der Waals surface area contributed by atoms with E-state index in [4.69, 9.17) is 25.8 Å². The Morgan fingerprint density at radius 3 is 3.04 bits per heavy atom. The van der Waals surface area contributed by atoms with Crippen LogP contribution in [-0.2, 0) is 9.47 Å². The van der Waals surface area contributed by atoms with Gasteiger partial charge in [-0.15, -0.1) is 0 Å². The largest absolute Gasteiger partial charge is 0.492 e. The van der Waals surface area contributed by atoms with E-state index in [0.717, 1.165) is 25.9 Å². The number of benzene rings is 1. The first-order chi connectivity index (χ1) is 11.6. The van der Waals surface area contributed by atoms with Crippen LogP contribution in [0.25, 0.3) is 0 Å². The van der Waals surface area contributed by atoms with Gasteiger partial charge in [0.05, 0.1) is 23.8 Å². The van der Waals surface area contributed by atoms with Crippen molar-refractivity contribution in [3.63, 3.8) is 0 Å². The van der Waals surface area contributed by atoms with Crippen molar-refractivity contribution in [3.8, 4) is 5.75 Å². The summed E-state index contributed by atoms with van der Waals surface area (Å²) >= 11 is 6.14. The summed E-state index contributed by atoms with van der Waals surface area (Å²) in [6, 6.07) is 5.05. The number of rotatable bonds is 4. The SMILES string of the molecule is CCOc1ccc(NC(=O)N[C@@H]2CCO[C@]3(CCOC3)C2)cc1Cl. The van der Waals surface area contributed by atoms with Crippen LogP contribution in [-0.4, -0.2) is 44.1 Å². The summed E-state index contributed by atoms with van der Waals surface area (Å²) in [7, 11) is 0. The minimum Gasteiger partial charge on any atom is -0.492 e. The molecule has 0 unspecified atom stereocenters. The molecular formula is C17H23ClN2O4. The first-order valence-corrected chi connectivity index (χ1v) is 8.69. The summed E-state index contributed by atoms with van der Waals surface area (Å²) in [5.74, 6) is 0.609. The van der Waals surface area contributed by atoms with E-state index in [1.54, 1.807) is 18.2 Å². The summed E-state index contributed by atoms with van der Waals surface area (Å²) in [6.07, 6.45) is 2.48. The Balaban J connectivity index is 1.54. The Hall–Kier alpha value is -1.50. The van der Waals surface area contributed by atoms with Gasteiger partial charge in [-0.25, -0.2) is 4.79 Å². The van der Waals surface area contributed by atoms with Crippen LogP contribution in [0.4, 0.5) is 10.5 Å². The highest BCUT2D eigenvalue weighted by molar-refractivity contribution is 6.32. The number of carbonyl (C=O) groups excluding carboxylic acids is 1. The molecule has 2 atom stereocenters. The number of hydrogen-bond donors (Lipinski definition) is 2. The predicted molar refractivity (Wildman–Crippen MR) is 91.9 cm³/mol. The molecule has 1 aromatic carbocycles. The predicted octanol–water partition coefficient (Wildman–Crippen LogP) is 3.20. The summed E-state index contributed by atoms with van der Waals surface area (Å²) in [6.45, 7) is 4.42. The summed E-state index contributed by atoms with van der Waals surface area (Å²) in [5, 5.41) is 6.31. The summed E-state index contributed by atoms with van der Waals surface area (Å²) < 4.78 is 16.7. The molecule has 1 aromatic rings. The zero-order valence-corrected chi connectivity index (χ0v) is 14.5. The number of anilines is 1. The van der Waals surface area contributed by atoms with E-state index < -0.39 is 0 Å². The van der Waals surface area contributed by atoms with Crippen molar-refractivity contribution in [2.45, 2.75) is 37.8 Å². The molecule has 132 valence electrons. The number of urea groups is 1. The van der Waals surface area contributed by atoms with Crippen LogP contribution in [0.2, 0.25) is 5.02 Å². The molecule has 0 radical (unpaired) electrons. The molecule has 6 nitrogen and oxygen atoms in total. The van der Waals surface area contributed by atoms with Crippen LogP contribution in [0.15, 0.2) is 18.2 Å². The molecule has 0 bridgehead atoms. The van der Waals surface area contributed by atoms with Crippen molar-refractivity contribution < 1.29 is 19.0 Å². The van der Waals surface area contributed by atoms with E-state index in [-0.39, 0.29) is 17.7 Å². The fraction of sp³-hybridized carbons (Fsp3) is 0.588. The number of halogens is 1. The molecule has 1 spiro atoms. The summed E-state index contributed by atoms with van der Waals surface area (Å²) in [4.78, 5) is 12.2. The Morgan fingerprint density at radius 2 is 2.33 bits per heavy atom. The number of carbonyl (C=O) groups is 1. The molecule has 7 heteroatoms. The third-order valence-electron chi connectivity index (χ3n) is 4.38. The maximum Gasteiger partial charge on any atom is 0.319 e. The third-order valence-corrected chi connectivity index (χ3v) is 4.68. The van der Waals surface area contributed by atoms with E-state index in [9.17, 15) is 4.79 Å². The molecule has 24 heavy (non-hydrogen) atoms. The van der Waals surface area contributed by atoms with Gasteiger partial charge in [0.1, 0.15) is 5.75 Å². The second-order valence-electron chi connectivity index (χ2n) is 6.20. The minimum atomic E-state index is -0.240. The van der Waals surface area contributed by atoms with Gasteiger partial charge in [0.15, 0.2) is 0 Å². The molecule has 3 rings (SSSR count). The molecule has 0 saturated carbocycles. The van der Waals surface area contributed by atoms with Crippen molar-refractivity contribution in [3.05, 3.63) is 23.2 Å². The monoisotopic (exact) mass is 354 g/mol. The van der Waals surface area contributed by atoms with E-state index >= 15 is 0 Å². The van der Waals surface area contributed by atoms with E-state index in [2.05, 4.69) is 10.6 Å². The normalized spacial score (nSPS) is 26.3. The maximum atomic E-state index is 12.2. The fourth-order valence-corrected chi connectivity index (χ4v) is 3.45. The zero-order valence-electron chi connectivity index (χ0n) is 13.8. The Labute approximate surface area is 146 Å². The first-order valence-electron chi connectivity index (χ1n) is 8.32. The third kappa shape index (κ3) is 4.12. The molecule has 2 fully saturated rings. The van der Waals surface area contributed by atoms with Crippen molar-refractivity contribution >= 4 is 23.3 Å². The topological polar surface area (TPSA) is 68.8 Å². The molecule has 2 N–H and O–H groups in total. The standard InChI is InChI=1S/C17H23ClN2O4/c1-2-23-15-4-3-12(9-14(15)18)19-16(21)20-13-5-7-24-17(10-13)6-8-22-11-17/h3-4,9,13H,2,5-8,10-11H2,1H3,(H2,19,20,21)/t13-,17-/m1/s1. The van der Waals surface area contributed by atoms with Crippen LogP contribution in [0.1, 0.15) is 26.2 Å². The van der Waals surface area contributed by atoms with Crippen LogP contribution in [0.5, 0.6) is 5.75 Å². The molecule has 2 aliphatic heterocycles. The molecule has 0 aliphatic carbocycles. The molecular weight excluding hydrogens is 332 g/mol. The number of hydrogen-bond acceptors (Lipinski definition) is 4. The highest BCUT2D eigenvalue weighted by atomic mass is 35.5. The average molecular weight is 355 g/mol. The van der Waals surface area contributed by atoms with E-state index in [1.807, 2.05) is 6.92 Å². The van der Waals surface area contributed by atoms with Crippen LogP contribution >= 0.6 is 11.6 Å². The Kier molecular flexibility index (Phi) is 5.48. The lowest BCUT2D eigenvalue weighted by molar-refractivity contribution is -0.0877. The van der Waals surface area contributed by atoms with E-state index in [0.29, 0.717) is 36.3 Å². The molecule has 2 saturated heterocycles. The Morgan fingerprint density at radius 1 is 1.46 bits per heavy atom. The van der Waals surface area contributed by atoms with Gasteiger partial charge in [0.2, 0.25) is 0 Å². The minimum absolute atomic E-state index is 0.0821. The van der Waals surface area contributed by atoms with E-state index in [1.165, 1.54) is 0 Å². The summed E-state index contributed by atoms with van der Waals surface area (Å²) in [5.41, 5.74) is 0.408. The Bertz CT molecular complexity index is 590. The lowest BCUT2D eigenvalue weighted by atomic mass is 9.90. The molecule has 2 amide bonds. The van der Waals surface area contributed by atoms with Crippen LogP contribution in [0, 0.1) is 0 Å². The number of nitrogens with one attached hydrogen (secondary N) is 2. The quantitative estimate of drug-likeness (QED) is 0.871. The highest BCUT2D eigenvalue weighted by Gasteiger charge is 2.41. The number of amides is 2. The lowest BCUT2D eigenvalue weighted by Gasteiger charge is -2.37. The van der Waals surface area contributed by atoms with Gasteiger partial charge in [-0.1, -0.05) is 11.6 Å². The van der Waals surface area contributed by atoms with Gasteiger partial charge in [-0.3, -0.25) is 0 Å². The first kappa shape index (κ1) is 17.3. The van der Waals surface area contributed by atoms with Crippen LogP contribution < -0.4 is 15.4 Å².